The van der Waals surface area contributed by atoms with Gasteiger partial charge in [-0.15, -0.1) is 0 Å². The molecular formula is C11H9BrN2O4. The summed E-state index contributed by atoms with van der Waals surface area (Å²) < 4.78 is 5.86. The van der Waals surface area contributed by atoms with Crippen LogP contribution < -0.4 is 11.2 Å². The van der Waals surface area contributed by atoms with E-state index in [0.717, 1.165) is 4.57 Å². The summed E-state index contributed by atoms with van der Waals surface area (Å²) in [4.78, 5) is 37.5. The first kappa shape index (κ1) is 12.6. The molecule has 7 heteroatoms. The molecule has 0 bridgehead atoms. The van der Waals surface area contributed by atoms with E-state index in [0.29, 0.717) is 15.4 Å². The summed E-state index contributed by atoms with van der Waals surface area (Å²) >= 11 is 3.24. The van der Waals surface area contributed by atoms with Gasteiger partial charge < -0.3 is 9.72 Å². The van der Waals surface area contributed by atoms with Gasteiger partial charge in [-0.1, -0.05) is 6.07 Å². The van der Waals surface area contributed by atoms with Crippen molar-refractivity contribution < 1.29 is 9.53 Å². The average Bonchev–Trinajstić information content (AvgIpc) is 2.35. The number of halogens is 1. The van der Waals surface area contributed by atoms with Gasteiger partial charge in [-0.25, -0.2) is 9.36 Å². The summed E-state index contributed by atoms with van der Waals surface area (Å²) in [5.41, 5.74) is -0.765. The first-order valence-electron chi connectivity index (χ1n) is 5.02. The van der Waals surface area contributed by atoms with Gasteiger partial charge in [0.05, 0.1) is 18.0 Å². The van der Waals surface area contributed by atoms with Crippen LogP contribution in [-0.4, -0.2) is 22.6 Å². The number of carbonyl (C=O) groups is 1. The van der Waals surface area contributed by atoms with E-state index < -0.39 is 23.8 Å². The van der Waals surface area contributed by atoms with Crippen molar-refractivity contribution in [1.82, 2.24) is 9.55 Å². The smallest absolute Gasteiger partial charge is 0.329 e. The minimum absolute atomic E-state index is 0.327. The molecule has 0 unspecified atom stereocenters. The quantitative estimate of drug-likeness (QED) is 0.824. The summed E-state index contributed by atoms with van der Waals surface area (Å²) in [7, 11) is 1.19. The molecule has 1 aromatic heterocycles. The van der Waals surface area contributed by atoms with E-state index in [2.05, 4.69) is 25.7 Å². The average molecular weight is 313 g/mol. The number of nitrogens with zero attached hydrogens (tertiary/aromatic N) is 1. The largest absolute Gasteiger partial charge is 0.468 e. The van der Waals surface area contributed by atoms with Gasteiger partial charge in [0, 0.05) is 4.47 Å². The molecule has 0 aliphatic carbocycles. The van der Waals surface area contributed by atoms with E-state index in [1.54, 1.807) is 18.2 Å². The second-order valence-electron chi connectivity index (χ2n) is 3.56. The molecule has 0 atom stereocenters. The fraction of sp³-hybridized carbons (Fsp3) is 0.182. The van der Waals surface area contributed by atoms with Gasteiger partial charge in [0.15, 0.2) is 0 Å². The van der Waals surface area contributed by atoms with Crippen molar-refractivity contribution >= 4 is 32.8 Å². The minimum atomic E-state index is -0.656. The summed E-state index contributed by atoms with van der Waals surface area (Å²) in [5.74, 6) is -0.656. The van der Waals surface area contributed by atoms with Gasteiger partial charge >= 0.3 is 11.7 Å². The van der Waals surface area contributed by atoms with Crippen LogP contribution >= 0.6 is 15.9 Å². The van der Waals surface area contributed by atoms with Crippen molar-refractivity contribution in [2.24, 2.45) is 0 Å². The Kier molecular flexibility index (Phi) is 3.33. The Morgan fingerprint density at radius 2 is 2.17 bits per heavy atom. The number of fused-ring (bicyclic) bond motifs is 1. The first-order chi connectivity index (χ1) is 8.54. The third-order valence-electron chi connectivity index (χ3n) is 2.48. The highest BCUT2D eigenvalue weighted by atomic mass is 79.9. The Hall–Kier alpha value is -1.89. The number of carbonyl (C=O) groups excluding carboxylic acids is 1. The van der Waals surface area contributed by atoms with Crippen molar-refractivity contribution in [1.29, 1.82) is 0 Å². The lowest BCUT2D eigenvalue weighted by atomic mass is 10.2. The Labute approximate surface area is 109 Å². The number of para-hydroxylation sites is 1. The zero-order valence-electron chi connectivity index (χ0n) is 9.40. The van der Waals surface area contributed by atoms with Gasteiger partial charge in [-0.2, -0.15) is 0 Å². The molecule has 1 N–H and O–H groups in total. The zero-order valence-corrected chi connectivity index (χ0v) is 11.0. The maximum atomic E-state index is 12.1. The molecule has 0 radical (unpaired) electrons. The summed E-state index contributed by atoms with van der Waals surface area (Å²) in [6.07, 6.45) is 0. The number of aromatic nitrogens is 2. The zero-order chi connectivity index (χ0) is 13.3. The topological polar surface area (TPSA) is 81.2 Å². The van der Waals surface area contributed by atoms with Crippen molar-refractivity contribution in [2.45, 2.75) is 6.54 Å². The van der Waals surface area contributed by atoms with Crippen LogP contribution in [0.2, 0.25) is 0 Å². The lowest BCUT2D eigenvalue weighted by Crippen LogP contribution is -2.37. The van der Waals surface area contributed by atoms with E-state index in [-0.39, 0.29) is 0 Å². The number of esters is 1. The lowest BCUT2D eigenvalue weighted by Gasteiger charge is -2.05. The fourth-order valence-electron chi connectivity index (χ4n) is 1.58. The van der Waals surface area contributed by atoms with Gasteiger partial charge in [-0.05, 0) is 28.1 Å². The summed E-state index contributed by atoms with van der Waals surface area (Å²) in [6.45, 7) is -0.410. The maximum absolute atomic E-state index is 12.1. The normalized spacial score (nSPS) is 10.6. The molecule has 0 aliphatic rings. The third-order valence-corrected chi connectivity index (χ3v) is 3.14. The van der Waals surface area contributed by atoms with Crippen LogP contribution in [0.3, 0.4) is 0 Å². The van der Waals surface area contributed by atoms with Crippen molar-refractivity contribution in [3.8, 4) is 0 Å². The minimum Gasteiger partial charge on any atom is -0.468 e. The molecular weight excluding hydrogens is 304 g/mol. The van der Waals surface area contributed by atoms with Crippen LogP contribution in [0.25, 0.3) is 10.9 Å². The molecule has 0 saturated carbocycles. The number of hydrogen-bond donors (Lipinski definition) is 1. The van der Waals surface area contributed by atoms with Crippen LogP contribution in [0.5, 0.6) is 0 Å². The third kappa shape index (κ3) is 2.08. The fourth-order valence-corrected chi connectivity index (χ4v) is 2.04. The monoisotopic (exact) mass is 312 g/mol. The lowest BCUT2D eigenvalue weighted by molar-refractivity contribution is -0.141. The van der Waals surface area contributed by atoms with Gasteiger partial charge in [0.25, 0.3) is 5.56 Å². The second-order valence-corrected chi connectivity index (χ2v) is 4.41. The van der Waals surface area contributed by atoms with Crippen LogP contribution in [0.1, 0.15) is 0 Å². The van der Waals surface area contributed by atoms with Crippen molar-refractivity contribution in [2.75, 3.05) is 7.11 Å². The second kappa shape index (κ2) is 4.77. The number of nitrogens with one attached hydrogen (secondary N) is 1. The molecule has 1 aromatic carbocycles. The predicted octanol–water partition coefficient (Wildman–Crippen LogP) is 0.625. The standard InChI is InChI=1S/C11H9BrN2O4/c1-18-8(15)5-14-10(16)6-3-2-4-7(12)9(6)13-11(14)17/h2-4H,5H2,1H3,(H,13,17). The Morgan fingerprint density at radius 3 is 2.83 bits per heavy atom. The highest BCUT2D eigenvalue weighted by Gasteiger charge is 2.12. The number of methoxy groups -OCH3 is 1. The Morgan fingerprint density at radius 1 is 1.44 bits per heavy atom. The highest BCUT2D eigenvalue weighted by Crippen LogP contribution is 2.17. The molecule has 2 rings (SSSR count). The number of aromatic amines is 1. The van der Waals surface area contributed by atoms with Crippen molar-refractivity contribution in [3.63, 3.8) is 0 Å². The van der Waals surface area contributed by atoms with Gasteiger partial charge in [0.2, 0.25) is 0 Å². The Balaban J connectivity index is 2.74. The number of ether oxygens (including phenoxy) is 1. The molecule has 0 saturated heterocycles. The van der Waals surface area contributed by atoms with Crippen LogP contribution in [-0.2, 0) is 16.1 Å². The summed E-state index contributed by atoms with van der Waals surface area (Å²) in [5, 5.41) is 0.327. The number of rotatable bonds is 2. The van der Waals surface area contributed by atoms with E-state index in [1.165, 1.54) is 7.11 Å². The first-order valence-corrected chi connectivity index (χ1v) is 5.82. The molecule has 0 spiro atoms. The van der Waals surface area contributed by atoms with Crippen LogP contribution in [0, 0.1) is 0 Å². The highest BCUT2D eigenvalue weighted by molar-refractivity contribution is 9.10. The molecule has 2 aromatic rings. The number of benzene rings is 1. The van der Waals surface area contributed by atoms with Gasteiger partial charge in [0.1, 0.15) is 6.54 Å². The molecule has 0 fully saturated rings. The van der Waals surface area contributed by atoms with Crippen molar-refractivity contribution in [3.05, 3.63) is 43.5 Å². The predicted molar refractivity (Wildman–Crippen MR) is 68.5 cm³/mol. The SMILES string of the molecule is COC(=O)Cn1c(=O)[nH]c2c(Br)cccc2c1=O. The van der Waals surface area contributed by atoms with E-state index >= 15 is 0 Å². The Bertz CT molecular complexity index is 732. The summed E-state index contributed by atoms with van der Waals surface area (Å²) in [6, 6.07) is 4.96. The molecule has 18 heavy (non-hydrogen) atoms. The van der Waals surface area contributed by atoms with Gasteiger partial charge in [-0.3, -0.25) is 9.59 Å². The molecule has 94 valence electrons. The van der Waals surface area contributed by atoms with E-state index in [4.69, 9.17) is 0 Å². The molecule has 1 heterocycles. The van der Waals surface area contributed by atoms with Crippen LogP contribution in [0.4, 0.5) is 0 Å². The molecule has 0 aliphatic heterocycles. The molecule has 6 nitrogen and oxygen atoms in total. The number of hydrogen-bond acceptors (Lipinski definition) is 4. The maximum Gasteiger partial charge on any atom is 0.329 e. The van der Waals surface area contributed by atoms with E-state index in [9.17, 15) is 14.4 Å². The van der Waals surface area contributed by atoms with Crippen LogP contribution in [0.15, 0.2) is 32.3 Å². The molecule has 0 amide bonds. The number of H-pyrrole nitrogens is 1. The van der Waals surface area contributed by atoms with E-state index in [1.807, 2.05) is 0 Å².